The van der Waals surface area contributed by atoms with Crippen LogP contribution in [0.1, 0.15) is 20.7 Å². The van der Waals surface area contributed by atoms with E-state index in [-0.39, 0.29) is 11.8 Å². The number of benzene rings is 2. The fourth-order valence-electron chi connectivity index (χ4n) is 2.00. The molecular weight excluding hydrogens is 228 g/mol. The van der Waals surface area contributed by atoms with Crippen LogP contribution in [0.3, 0.4) is 0 Å². The number of carbonyl (C=O) groups is 2. The zero-order valence-corrected chi connectivity index (χ0v) is 9.44. The molecule has 0 unspecified atom stereocenters. The quantitative estimate of drug-likeness (QED) is 0.789. The van der Waals surface area contributed by atoms with Crippen molar-refractivity contribution in [3.8, 4) is 0 Å². The third-order valence-electron chi connectivity index (χ3n) is 2.82. The van der Waals surface area contributed by atoms with Crippen LogP contribution in [0.25, 0.3) is 0 Å². The number of hydrogen-bond acceptors (Lipinski definition) is 3. The average molecular weight is 238 g/mol. The Morgan fingerprint density at radius 1 is 0.833 bits per heavy atom. The molecule has 3 rings (SSSR count). The Morgan fingerprint density at radius 3 is 2.39 bits per heavy atom. The van der Waals surface area contributed by atoms with Crippen molar-refractivity contribution < 1.29 is 9.59 Å². The summed E-state index contributed by atoms with van der Waals surface area (Å²) in [6.45, 7) is 0. The van der Waals surface area contributed by atoms with Crippen LogP contribution < -0.4 is 10.6 Å². The molecule has 0 bridgehead atoms. The van der Waals surface area contributed by atoms with Crippen LogP contribution in [0.5, 0.6) is 0 Å². The second-order valence-corrected chi connectivity index (χ2v) is 4.00. The molecule has 0 spiro atoms. The van der Waals surface area contributed by atoms with E-state index in [9.17, 15) is 9.59 Å². The smallest absolute Gasteiger partial charge is 0.261 e. The van der Waals surface area contributed by atoms with Gasteiger partial charge in [-0.05, 0) is 24.3 Å². The molecule has 4 nitrogen and oxygen atoms in total. The highest BCUT2D eigenvalue weighted by Gasteiger charge is 2.29. The molecule has 0 fully saturated rings. The highest BCUT2D eigenvalue weighted by atomic mass is 16.2. The Bertz CT molecular complexity index is 635. The minimum Gasteiger partial charge on any atom is -0.355 e. The standard InChI is InChI=1S/C14H10N2O2/c17-13-10-7-4-8-11(12(10)14(18)16-13)15-9-5-2-1-3-6-9/h1-8,15H,(H,16,17,18). The van der Waals surface area contributed by atoms with Gasteiger partial charge in [-0.2, -0.15) is 0 Å². The lowest BCUT2D eigenvalue weighted by molar-refractivity contribution is 0.0880. The van der Waals surface area contributed by atoms with Gasteiger partial charge in [0.25, 0.3) is 11.8 Å². The summed E-state index contributed by atoms with van der Waals surface area (Å²) in [4.78, 5) is 23.2. The molecule has 88 valence electrons. The van der Waals surface area contributed by atoms with Gasteiger partial charge >= 0.3 is 0 Å². The first-order valence-electron chi connectivity index (χ1n) is 5.56. The second kappa shape index (κ2) is 4.00. The van der Waals surface area contributed by atoms with E-state index >= 15 is 0 Å². The number of fused-ring (bicyclic) bond motifs is 1. The van der Waals surface area contributed by atoms with Gasteiger partial charge < -0.3 is 5.32 Å². The summed E-state index contributed by atoms with van der Waals surface area (Å²) in [5, 5.41) is 5.43. The van der Waals surface area contributed by atoms with Crippen molar-refractivity contribution in [2.45, 2.75) is 0 Å². The molecule has 1 aliphatic heterocycles. The van der Waals surface area contributed by atoms with Crippen LogP contribution in [0, 0.1) is 0 Å². The number of hydrogen-bond donors (Lipinski definition) is 2. The van der Waals surface area contributed by atoms with Crippen LogP contribution in [-0.2, 0) is 0 Å². The maximum Gasteiger partial charge on any atom is 0.261 e. The fraction of sp³-hybridized carbons (Fsp3) is 0. The van der Waals surface area contributed by atoms with Gasteiger partial charge in [-0.15, -0.1) is 0 Å². The Balaban J connectivity index is 2.05. The minimum absolute atomic E-state index is 0.341. The molecule has 2 aromatic rings. The molecule has 0 atom stereocenters. The highest BCUT2D eigenvalue weighted by molar-refractivity contribution is 6.24. The summed E-state index contributed by atoms with van der Waals surface area (Å²) in [5.41, 5.74) is 2.34. The topological polar surface area (TPSA) is 58.2 Å². The zero-order valence-electron chi connectivity index (χ0n) is 9.44. The van der Waals surface area contributed by atoms with Crippen LogP contribution >= 0.6 is 0 Å². The highest BCUT2D eigenvalue weighted by Crippen LogP contribution is 2.26. The number of para-hydroxylation sites is 1. The van der Waals surface area contributed by atoms with Gasteiger partial charge in [0.15, 0.2) is 0 Å². The number of nitrogens with one attached hydrogen (secondary N) is 2. The zero-order chi connectivity index (χ0) is 12.5. The van der Waals surface area contributed by atoms with Gasteiger partial charge in [-0.1, -0.05) is 24.3 Å². The average Bonchev–Trinajstić information content (AvgIpc) is 2.67. The molecule has 0 aromatic heterocycles. The molecule has 18 heavy (non-hydrogen) atoms. The lowest BCUT2D eigenvalue weighted by Crippen LogP contribution is -2.20. The van der Waals surface area contributed by atoms with E-state index in [0.29, 0.717) is 16.8 Å². The normalized spacial score (nSPS) is 13.1. The van der Waals surface area contributed by atoms with Crippen LogP contribution in [0.4, 0.5) is 11.4 Å². The van der Waals surface area contributed by atoms with Gasteiger partial charge in [0.2, 0.25) is 0 Å². The lowest BCUT2D eigenvalue weighted by atomic mass is 10.1. The third-order valence-corrected chi connectivity index (χ3v) is 2.82. The van der Waals surface area contributed by atoms with Gasteiger partial charge in [0.1, 0.15) is 0 Å². The van der Waals surface area contributed by atoms with Crippen LogP contribution in [0.2, 0.25) is 0 Å². The summed E-state index contributed by atoms with van der Waals surface area (Å²) in [7, 11) is 0. The number of amides is 2. The molecule has 0 aliphatic carbocycles. The monoisotopic (exact) mass is 238 g/mol. The summed E-state index contributed by atoms with van der Waals surface area (Å²) in [6, 6.07) is 14.7. The number of anilines is 2. The molecule has 4 heteroatoms. The first-order chi connectivity index (χ1) is 8.75. The van der Waals surface area contributed by atoms with E-state index in [2.05, 4.69) is 10.6 Å². The van der Waals surface area contributed by atoms with Gasteiger partial charge in [-0.25, -0.2) is 0 Å². The van der Waals surface area contributed by atoms with Crippen LogP contribution in [0.15, 0.2) is 48.5 Å². The van der Waals surface area contributed by atoms with Crippen molar-refractivity contribution in [2.75, 3.05) is 5.32 Å². The van der Waals surface area contributed by atoms with Gasteiger partial charge in [0.05, 0.1) is 16.8 Å². The van der Waals surface area contributed by atoms with E-state index in [0.717, 1.165) is 5.69 Å². The lowest BCUT2D eigenvalue weighted by Gasteiger charge is -2.08. The molecule has 0 saturated heterocycles. The molecule has 2 aromatic carbocycles. The number of imide groups is 1. The van der Waals surface area contributed by atoms with E-state index in [1.807, 2.05) is 30.3 Å². The number of rotatable bonds is 2. The van der Waals surface area contributed by atoms with Crippen molar-refractivity contribution in [1.29, 1.82) is 0 Å². The Kier molecular flexibility index (Phi) is 2.34. The maximum atomic E-state index is 11.7. The van der Waals surface area contributed by atoms with Crippen LogP contribution in [-0.4, -0.2) is 11.8 Å². The van der Waals surface area contributed by atoms with E-state index in [1.165, 1.54) is 0 Å². The summed E-state index contributed by atoms with van der Waals surface area (Å²) < 4.78 is 0. The van der Waals surface area contributed by atoms with Gasteiger partial charge in [0, 0.05) is 5.69 Å². The third kappa shape index (κ3) is 1.64. The Morgan fingerprint density at radius 2 is 1.61 bits per heavy atom. The number of carbonyl (C=O) groups excluding carboxylic acids is 2. The fourth-order valence-corrected chi connectivity index (χ4v) is 2.00. The van der Waals surface area contributed by atoms with Crippen molar-refractivity contribution >= 4 is 23.2 Å². The molecular formula is C14H10N2O2. The maximum absolute atomic E-state index is 11.7. The Hall–Kier alpha value is -2.62. The van der Waals surface area contributed by atoms with Gasteiger partial charge in [-0.3, -0.25) is 14.9 Å². The predicted octanol–water partition coefficient (Wildman–Crippen LogP) is 2.31. The first-order valence-corrected chi connectivity index (χ1v) is 5.56. The van der Waals surface area contributed by atoms with Crippen molar-refractivity contribution in [3.63, 3.8) is 0 Å². The molecule has 1 aliphatic rings. The van der Waals surface area contributed by atoms with Crippen molar-refractivity contribution in [2.24, 2.45) is 0 Å². The van der Waals surface area contributed by atoms with Crippen molar-refractivity contribution in [1.82, 2.24) is 5.32 Å². The molecule has 2 N–H and O–H groups in total. The largest absolute Gasteiger partial charge is 0.355 e. The van der Waals surface area contributed by atoms with E-state index in [1.54, 1.807) is 18.2 Å². The molecule has 0 radical (unpaired) electrons. The second-order valence-electron chi connectivity index (χ2n) is 4.00. The first kappa shape index (κ1) is 10.5. The molecule has 1 heterocycles. The SMILES string of the molecule is O=C1NC(=O)c2c(Nc3ccccc3)cccc21. The summed E-state index contributed by atoms with van der Waals surface area (Å²) in [6.07, 6.45) is 0. The molecule has 2 amide bonds. The summed E-state index contributed by atoms with van der Waals surface area (Å²) >= 11 is 0. The Labute approximate surface area is 104 Å². The van der Waals surface area contributed by atoms with E-state index < -0.39 is 0 Å². The van der Waals surface area contributed by atoms with Crippen molar-refractivity contribution in [3.05, 3.63) is 59.7 Å². The van der Waals surface area contributed by atoms with E-state index in [4.69, 9.17) is 0 Å². The minimum atomic E-state index is -0.353. The molecule has 0 saturated carbocycles. The predicted molar refractivity (Wildman–Crippen MR) is 68.0 cm³/mol. The summed E-state index contributed by atoms with van der Waals surface area (Å²) in [5.74, 6) is -0.694.